The summed E-state index contributed by atoms with van der Waals surface area (Å²) in [6.45, 7) is 8.72. The van der Waals surface area contributed by atoms with Crippen molar-refractivity contribution in [1.82, 2.24) is 30.8 Å². The number of para-hydroxylation sites is 1. The molecule has 0 aliphatic carbocycles. The van der Waals surface area contributed by atoms with Crippen LogP contribution in [0.25, 0.3) is 0 Å². The summed E-state index contributed by atoms with van der Waals surface area (Å²) < 4.78 is 33.1. The molecule has 1 aromatic heterocycles. The molecule has 0 spiro atoms. The van der Waals surface area contributed by atoms with Gasteiger partial charge in [-0.2, -0.15) is 4.98 Å². The van der Waals surface area contributed by atoms with Crippen LogP contribution >= 0.6 is 15.9 Å². The molecule has 3 fully saturated rings. The first-order valence-corrected chi connectivity index (χ1v) is 25.3. The highest BCUT2D eigenvalue weighted by Gasteiger charge is 2.44. The number of rotatable bonds is 15. The van der Waals surface area contributed by atoms with E-state index < -0.39 is 28.5 Å². The van der Waals surface area contributed by atoms with Crippen LogP contribution in [0.15, 0.2) is 59.2 Å². The van der Waals surface area contributed by atoms with Gasteiger partial charge in [0.05, 0.1) is 40.9 Å². The number of amides is 2. The Labute approximate surface area is 393 Å². The Morgan fingerprint density at radius 3 is 2.52 bits per heavy atom. The van der Waals surface area contributed by atoms with E-state index in [1.165, 1.54) is 15.5 Å². The Bertz CT molecular complexity index is 2600. The average molecular weight is 989 g/mol. The molecule has 352 valence electrons. The summed E-state index contributed by atoms with van der Waals surface area (Å²) in [5, 5.41) is 38.0. The lowest BCUT2D eigenvalue weighted by atomic mass is 10.0. The van der Waals surface area contributed by atoms with Crippen molar-refractivity contribution in [3.05, 3.63) is 81.5 Å². The highest BCUT2D eigenvalue weighted by atomic mass is 79.9. The van der Waals surface area contributed by atoms with Crippen LogP contribution in [0.2, 0.25) is 0 Å². The summed E-state index contributed by atoms with van der Waals surface area (Å²) in [6, 6.07) is 15.2. The van der Waals surface area contributed by atoms with Crippen LogP contribution < -0.4 is 45.4 Å². The SMILES string of the molecule is COc1cc(N2CCC(NCCNC[C@H]3CCN(c4ccc5c(c4)C(=O)N(C4CCC(=O)NC4O)C5O)C3)CC2)c(C)cc1Nc1ncc(Br)c(Nc2cccc3c2N(S(C)(=O)=O)CC3)n1. The second-order valence-corrected chi connectivity index (χ2v) is 20.6. The van der Waals surface area contributed by atoms with Crippen molar-refractivity contribution in [2.45, 2.75) is 70.0 Å². The molecule has 66 heavy (non-hydrogen) atoms. The zero-order valence-electron chi connectivity index (χ0n) is 37.4. The van der Waals surface area contributed by atoms with Gasteiger partial charge in [0.1, 0.15) is 17.8 Å². The standard InChI is InChI=1S/C46H58BrN11O7S/c1-27-21-36(52-46-50-25-34(47)42(54-46)51-35-6-4-5-29-12-20-57(41(29)35)66(3,63)64)39(65-2)23-38(27)55-18-13-30(14-19-55)49-16-15-48-24-28-11-17-56(26-28)31-7-8-32-33(22-31)45(62)58(44(32)61)37-9-10-40(59)53-43(37)60/h4-8,21-23,25,28,30,37,43-44,48-49,60-61H,9-20,24,26H2,1-3H3,(H,53,59)(H2,50,51,52,54)/t28-,37?,43?,44?/m1/s1. The molecule has 6 heterocycles. The lowest BCUT2D eigenvalue weighted by Crippen LogP contribution is -2.56. The summed E-state index contributed by atoms with van der Waals surface area (Å²) in [4.78, 5) is 40.4. The molecule has 20 heteroatoms. The van der Waals surface area contributed by atoms with Crippen molar-refractivity contribution in [2.75, 3.05) is 90.5 Å². The number of aliphatic hydroxyl groups is 2. The molecule has 0 radical (unpaired) electrons. The topological polar surface area (TPSA) is 217 Å². The predicted octanol–water partition coefficient (Wildman–Crippen LogP) is 4.08. The summed E-state index contributed by atoms with van der Waals surface area (Å²) >= 11 is 3.56. The van der Waals surface area contributed by atoms with Gasteiger partial charge >= 0.3 is 0 Å². The molecule has 0 bridgehead atoms. The number of carbonyl (C=O) groups excluding carboxylic acids is 2. The Morgan fingerprint density at radius 2 is 1.74 bits per heavy atom. The summed E-state index contributed by atoms with van der Waals surface area (Å²) in [7, 11) is -1.80. The molecule has 3 aromatic carbocycles. The zero-order valence-corrected chi connectivity index (χ0v) is 39.8. The quantitative estimate of drug-likeness (QED) is 0.0836. The van der Waals surface area contributed by atoms with E-state index in [-0.39, 0.29) is 18.2 Å². The van der Waals surface area contributed by atoms with Gasteiger partial charge in [-0.05, 0) is 103 Å². The second-order valence-electron chi connectivity index (χ2n) is 17.9. The number of sulfonamides is 1. The number of aromatic nitrogens is 2. The molecule has 5 aliphatic heterocycles. The maximum absolute atomic E-state index is 13.4. The maximum atomic E-state index is 13.4. The van der Waals surface area contributed by atoms with Crippen LogP contribution in [0.5, 0.6) is 5.75 Å². The molecule has 5 aliphatic rings. The number of aliphatic hydroxyl groups excluding tert-OH is 2. The highest BCUT2D eigenvalue weighted by molar-refractivity contribution is 9.10. The number of nitrogens with zero attached hydrogens (tertiary/aromatic N) is 6. The number of benzene rings is 3. The molecular formula is C46H58BrN11O7S. The molecule has 0 saturated carbocycles. The first-order valence-electron chi connectivity index (χ1n) is 22.7. The first-order chi connectivity index (χ1) is 31.7. The zero-order chi connectivity index (χ0) is 46.3. The number of halogens is 1. The van der Waals surface area contributed by atoms with E-state index in [1.807, 2.05) is 36.4 Å². The maximum Gasteiger partial charge on any atom is 0.257 e. The number of anilines is 7. The van der Waals surface area contributed by atoms with Gasteiger partial charge in [-0.1, -0.05) is 18.2 Å². The Morgan fingerprint density at radius 1 is 0.939 bits per heavy atom. The van der Waals surface area contributed by atoms with E-state index in [4.69, 9.17) is 9.72 Å². The molecule has 4 aromatic rings. The van der Waals surface area contributed by atoms with Gasteiger partial charge in [-0.3, -0.25) is 13.9 Å². The van der Waals surface area contributed by atoms with E-state index in [2.05, 4.69) is 76.4 Å². The third-order valence-corrected chi connectivity index (χ3v) is 15.3. The predicted molar refractivity (Wildman–Crippen MR) is 258 cm³/mol. The summed E-state index contributed by atoms with van der Waals surface area (Å²) in [6.07, 6.45) is 4.70. The number of methoxy groups -OCH3 is 1. The van der Waals surface area contributed by atoms with Crippen molar-refractivity contribution in [3.63, 3.8) is 0 Å². The van der Waals surface area contributed by atoms with Gasteiger partial charge in [0, 0.05) is 93.0 Å². The molecule has 4 atom stereocenters. The van der Waals surface area contributed by atoms with Crippen molar-refractivity contribution in [3.8, 4) is 5.75 Å². The highest BCUT2D eigenvalue weighted by Crippen LogP contribution is 2.41. The average Bonchev–Trinajstić information content (AvgIpc) is 4.02. The Balaban J connectivity index is 0.726. The van der Waals surface area contributed by atoms with E-state index in [0.29, 0.717) is 75.8 Å². The lowest BCUT2D eigenvalue weighted by Gasteiger charge is -2.36. The Kier molecular flexibility index (Phi) is 13.3. The van der Waals surface area contributed by atoms with Crippen molar-refractivity contribution in [1.29, 1.82) is 0 Å². The van der Waals surface area contributed by atoms with E-state index in [0.717, 1.165) is 93.3 Å². The molecular weight excluding hydrogens is 931 g/mol. The van der Waals surface area contributed by atoms with Crippen LogP contribution in [0.3, 0.4) is 0 Å². The smallest absolute Gasteiger partial charge is 0.257 e. The van der Waals surface area contributed by atoms with Gasteiger partial charge < -0.3 is 56.2 Å². The third-order valence-electron chi connectivity index (χ3n) is 13.5. The van der Waals surface area contributed by atoms with E-state index >= 15 is 0 Å². The van der Waals surface area contributed by atoms with Crippen LogP contribution in [0, 0.1) is 12.8 Å². The van der Waals surface area contributed by atoms with Crippen LogP contribution in [0.1, 0.15) is 65.4 Å². The molecule has 3 saturated heterocycles. The number of ether oxygens (including phenoxy) is 1. The van der Waals surface area contributed by atoms with E-state index in [1.54, 1.807) is 13.3 Å². The minimum Gasteiger partial charge on any atom is -0.494 e. The van der Waals surface area contributed by atoms with Gasteiger partial charge in [-0.25, -0.2) is 13.4 Å². The minimum atomic E-state index is -3.45. The van der Waals surface area contributed by atoms with Crippen LogP contribution in [-0.2, 0) is 21.2 Å². The fourth-order valence-electron chi connectivity index (χ4n) is 10.1. The number of nitrogens with one attached hydrogen (secondary N) is 5. The van der Waals surface area contributed by atoms with E-state index in [9.17, 15) is 28.2 Å². The third kappa shape index (κ3) is 9.48. The number of fused-ring (bicyclic) bond motifs is 2. The lowest BCUT2D eigenvalue weighted by molar-refractivity contribution is -0.132. The Hall–Kier alpha value is -5.25. The van der Waals surface area contributed by atoms with Gasteiger partial charge in [0.15, 0.2) is 6.23 Å². The molecule has 3 unspecified atom stereocenters. The monoisotopic (exact) mass is 987 g/mol. The summed E-state index contributed by atoms with van der Waals surface area (Å²) in [5.41, 5.74) is 7.11. The molecule has 9 rings (SSSR count). The number of hydrogen-bond acceptors (Lipinski definition) is 15. The van der Waals surface area contributed by atoms with Crippen molar-refractivity contribution in [2.24, 2.45) is 5.92 Å². The number of aryl methyl sites for hydroxylation is 1. The molecule has 7 N–H and O–H groups in total. The number of piperidine rings is 2. The van der Waals surface area contributed by atoms with Gasteiger partial charge in [-0.15, -0.1) is 0 Å². The molecule has 18 nitrogen and oxygen atoms in total. The van der Waals surface area contributed by atoms with Crippen molar-refractivity contribution < 1.29 is 33.0 Å². The van der Waals surface area contributed by atoms with Gasteiger partial charge in [0.2, 0.25) is 21.9 Å². The van der Waals surface area contributed by atoms with Crippen LogP contribution in [0.4, 0.5) is 40.2 Å². The number of hydrogen-bond donors (Lipinski definition) is 7. The van der Waals surface area contributed by atoms with Crippen molar-refractivity contribution >= 4 is 78.0 Å². The normalized spacial score (nSPS) is 22.2. The largest absolute Gasteiger partial charge is 0.494 e. The molecule has 2 amide bonds. The fraction of sp³-hybridized carbons (Fsp3) is 0.478. The summed E-state index contributed by atoms with van der Waals surface area (Å²) in [5.74, 6) is 1.39. The minimum absolute atomic E-state index is 0.191. The van der Waals surface area contributed by atoms with Crippen LogP contribution in [-0.4, -0.2) is 129 Å². The number of carbonyl (C=O) groups is 2. The first kappa shape index (κ1) is 45.9. The fourth-order valence-corrected chi connectivity index (χ4v) is 11.3. The van der Waals surface area contributed by atoms with Gasteiger partial charge in [0.25, 0.3) is 5.91 Å². The second kappa shape index (κ2) is 19.2.